The molecule has 3 aliphatic rings. The normalized spacial score (nSPS) is 22.8. The van der Waals surface area contributed by atoms with Crippen LogP contribution in [0.3, 0.4) is 0 Å². The van der Waals surface area contributed by atoms with E-state index in [-0.39, 0.29) is 25.0 Å². The van der Waals surface area contributed by atoms with Gasteiger partial charge in [-0.05, 0) is 36.5 Å². The summed E-state index contributed by atoms with van der Waals surface area (Å²) in [5.41, 5.74) is 0.626. The lowest BCUT2D eigenvalue weighted by atomic mass is 10.1. The molecular weight excluding hydrogens is 539 g/mol. The summed E-state index contributed by atoms with van der Waals surface area (Å²) in [6.45, 7) is 6.00. The number of aromatic nitrogens is 4. The maximum atomic E-state index is 15.0. The number of carbonyl (C=O) groups is 1. The Labute approximate surface area is 234 Å². The second-order valence-electron chi connectivity index (χ2n) is 10.7. The molecule has 0 spiro atoms. The molecule has 5 heterocycles. The zero-order chi connectivity index (χ0) is 28.7. The van der Waals surface area contributed by atoms with Crippen molar-refractivity contribution in [2.75, 3.05) is 55.7 Å². The first-order valence-corrected chi connectivity index (χ1v) is 13.3. The average Bonchev–Trinajstić information content (AvgIpc) is 3.54. The maximum absolute atomic E-state index is 15.0. The molecular formula is C26H29FN8O6. The Morgan fingerprint density at radius 1 is 1.22 bits per heavy atom. The number of nitro groups is 1. The molecule has 1 N–H and O–H groups in total. The van der Waals surface area contributed by atoms with E-state index in [0.29, 0.717) is 42.4 Å². The van der Waals surface area contributed by atoms with Gasteiger partial charge in [0.1, 0.15) is 23.7 Å². The zero-order valence-corrected chi connectivity index (χ0v) is 22.3. The number of ether oxygens (including phenoxy) is 2. The molecule has 0 bridgehead atoms. The van der Waals surface area contributed by atoms with Crippen molar-refractivity contribution < 1.29 is 28.7 Å². The summed E-state index contributed by atoms with van der Waals surface area (Å²) < 4.78 is 27.7. The molecule has 1 aromatic carbocycles. The van der Waals surface area contributed by atoms with Crippen LogP contribution in [0.2, 0.25) is 0 Å². The summed E-state index contributed by atoms with van der Waals surface area (Å²) in [6.07, 6.45) is 4.20. The summed E-state index contributed by atoms with van der Waals surface area (Å²) in [5.74, 6) is -0.189. The van der Waals surface area contributed by atoms with Gasteiger partial charge in [-0.15, -0.1) is 0 Å². The molecule has 15 heteroatoms. The molecule has 3 aromatic rings. The van der Waals surface area contributed by atoms with Crippen molar-refractivity contribution in [2.24, 2.45) is 0 Å². The van der Waals surface area contributed by atoms with Crippen LogP contribution in [0.1, 0.15) is 13.3 Å². The standard InChI is InChI=1S/C26H29FN8O6/c1-26(16-33-13-22(35(38)39)30-24(33)41-26)15-31-5-2-6-32(8-7-31)23-28-10-17(11-29-23)20-4-3-18(9-21(20)27)34-12-19(14-36)40-25(34)37/h3-4,9-11,13,19,36H,2,5-8,12,14-16H2,1H3. The largest absolute Gasteiger partial charge is 0.441 e. The van der Waals surface area contributed by atoms with Crippen LogP contribution in [0.25, 0.3) is 11.1 Å². The van der Waals surface area contributed by atoms with Crippen molar-refractivity contribution >= 4 is 23.5 Å². The zero-order valence-electron chi connectivity index (χ0n) is 22.3. The van der Waals surface area contributed by atoms with Gasteiger partial charge in [-0.25, -0.2) is 19.2 Å². The number of rotatable bonds is 7. The van der Waals surface area contributed by atoms with Crippen molar-refractivity contribution in [3.63, 3.8) is 0 Å². The van der Waals surface area contributed by atoms with Crippen molar-refractivity contribution in [3.8, 4) is 17.1 Å². The molecule has 3 aliphatic heterocycles. The van der Waals surface area contributed by atoms with Gasteiger partial charge in [0, 0.05) is 61.2 Å². The van der Waals surface area contributed by atoms with Gasteiger partial charge in [0.2, 0.25) is 5.95 Å². The highest BCUT2D eigenvalue weighted by atomic mass is 19.1. The first-order valence-electron chi connectivity index (χ1n) is 13.3. The molecule has 0 aliphatic carbocycles. The summed E-state index contributed by atoms with van der Waals surface area (Å²) in [7, 11) is 0. The highest BCUT2D eigenvalue weighted by molar-refractivity contribution is 5.90. The first kappa shape index (κ1) is 26.8. The van der Waals surface area contributed by atoms with Crippen LogP contribution in [-0.2, 0) is 11.3 Å². The first-order chi connectivity index (χ1) is 19.7. The molecule has 2 atom stereocenters. The Kier molecular flexibility index (Phi) is 6.91. The summed E-state index contributed by atoms with van der Waals surface area (Å²) >= 11 is 0. The topological polar surface area (TPSA) is 152 Å². The quantitative estimate of drug-likeness (QED) is 0.329. The van der Waals surface area contributed by atoms with Gasteiger partial charge in [0.15, 0.2) is 0 Å². The Hall–Kier alpha value is -4.37. The average molecular weight is 569 g/mol. The summed E-state index contributed by atoms with van der Waals surface area (Å²) in [4.78, 5) is 41.1. The molecule has 0 saturated carbocycles. The predicted molar refractivity (Wildman–Crippen MR) is 143 cm³/mol. The lowest BCUT2D eigenvalue weighted by Crippen LogP contribution is -2.46. The fraction of sp³-hybridized carbons (Fsp3) is 0.462. The number of amides is 1. The SMILES string of the molecule is CC1(CN2CCCN(c3ncc(-c4ccc(N5CC(CO)OC5=O)cc4F)cn3)CC2)Cn2cc([N+](=O)[O-])nc2O1. The van der Waals surface area contributed by atoms with Crippen LogP contribution in [-0.4, -0.2) is 98.1 Å². The lowest BCUT2D eigenvalue weighted by molar-refractivity contribution is -0.389. The van der Waals surface area contributed by atoms with E-state index in [1.54, 1.807) is 29.1 Å². The van der Waals surface area contributed by atoms with Gasteiger partial charge in [0.25, 0.3) is 0 Å². The highest BCUT2D eigenvalue weighted by Crippen LogP contribution is 2.32. The smallest absolute Gasteiger partial charge is 0.415 e. The van der Waals surface area contributed by atoms with Crippen molar-refractivity contribution in [2.45, 2.75) is 31.6 Å². The van der Waals surface area contributed by atoms with Gasteiger partial charge in [-0.2, -0.15) is 0 Å². The van der Waals surface area contributed by atoms with Crippen molar-refractivity contribution in [1.82, 2.24) is 24.4 Å². The monoisotopic (exact) mass is 568 g/mol. The Morgan fingerprint density at radius 3 is 2.71 bits per heavy atom. The number of hydrogen-bond acceptors (Lipinski definition) is 11. The highest BCUT2D eigenvalue weighted by Gasteiger charge is 2.41. The molecule has 2 saturated heterocycles. The fourth-order valence-electron chi connectivity index (χ4n) is 5.52. The van der Waals surface area contributed by atoms with Gasteiger partial charge in [-0.3, -0.25) is 14.4 Å². The van der Waals surface area contributed by atoms with Crippen LogP contribution >= 0.6 is 0 Å². The molecule has 14 nitrogen and oxygen atoms in total. The number of fused-ring (bicyclic) bond motifs is 1. The molecule has 216 valence electrons. The molecule has 2 aromatic heterocycles. The molecule has 6 rings (SSSR count). The maximum Gasteiger partial charge on any atom is 0.415 e. The molecule has 1 amide bonds. The van der Waals surface area contributed by atoms with E-state index in [1.807, 2.05) is 6.92 Å². The number of anilines is 2. The minimum Gasteiger partial charge on any atom is -0.441 e. The number of hydrogen-bond donors (Lipinski definition) is 1. The summed E-state index contributed by atoms with van der Waals surface area (Å²) in [5, 5.41) is 20.2. The van der Waals surface area contributed by atoms with Crippen LogP contribution in [0, 0.1) is 15.9 Å². The summed E-state index contributed by atoms with van der Waals surface area (Å²) in [6, 6.07) is 4.72. The van der Waals surface area contributed by atoms with Crippen molar-refractivity contribution in [1.29, 1.82) is 0 Å². The van der Waals surface area contributed by atoms with Crippen LogP contribution < -0.4 is 14.5 Å². The number of cyclic esters (lactones) is 1. The van der Waals surface area contributed by atoms with Gasteiger partial charge in [-0.1, -0.05) is 0 Å². The molecule has 2 fully saturated rings. The van der Waals surface area contributed by atoms with Crippen LogP contribution in [0.15, 0.2) is 36.8 Å². The second-order valence-corrected chi connectivity index (χ2v) is 10.7. The third kappa shape index (κ3) is 5.37. The number of carbonyl (C=O) groups excluding carboxylic acids is 1. The third-order valence-corrected chi connectivity index (χ3v) is 7.48. The van der Waals surface area contributed by atoms with E-state index in [9.17, 15) is 20.0 Å². The Bertz CT molecular complexity index is 1440. The molecule has 41 heavy (non-hydrogen) atoms. The van der Waals surface area contributed by atoms with Gasteiger partial charge < -0.3 is 29.6 Å². The number of benzene rings is 1. The second kappa shape index (κ2) is 10.6. The fourth-order valence-corrected chi connectivity index (χ4v) is 5.52. The number of aliphatic hydroxyl groups is 1. The Balaban J connectivity index is 1.07. The van der Waals surface area contributed by atoms with E-state index in [0.717, 1.165) is 26.1 Å². The van der Waals surface area contributed by atoms with E-state index in [4.69, 9.17) is 9.47 Å². The van der Waals surface area contributed by atoms with E-state index < -0.39 is 28.5 Å². The number of nitrogens with zero attached hydrogens (tertiary/aromatic N) is 8. The van der Waals surface area contributed by atoms with Crippen LogP contribution in [0.5, 0.6) is 6.01 Å². The number of halogens is 1. The minimum absolute atomic E-state index is 0.154. The minimum atomic E-state index is -0.632. The molecule has 2 unspecified atom stereocenters. The van der Waals surface area contributed by atoms with Crippen LogP contribution in [0.4, 0.5) is 26.6 Å². The predicted octanol–water partition coefficient (Wildman–Crippen LogP) is 2.07. The van der Waals surface area contributed by atoms with E-state index in [1.165, 1.54) is 17.2 Å². The van der Waals surface area contributed by atoms with E-state index >= 15 is 4.39 Å². The molecule has 0 radical (unpaired) electrons. The Morgan fingerprint density at radius 2 is 2.02 bits per heavy atom. The third-order valence-electron chi connectivity index (χ3n) is 7.48. The number of imidazole rings is 1. The lowest BCUT2D eigenvalue weighted by Gasteiger charge is -2.30. The van der Waals surface area contributed by atoms with Gasteiger partial charge >= 0.3 is 17.9 Å². The van der Waals surface area contributed by atoms with E-state index in [2.05, 4.69) is 24.8 Å². The number of aliphatic hydroxyl groups excluding tert-OH is 1. The van der Waals surface area contributed by atoms with Crippen molar-refractivity contribution in [3.05, 3.63) is 52.7 Å². The van der Waals surface area contributed by atoms with Gasteiger partial charge in [0.05, 0.1) is 25.4 Å².